The molecule has 2 N–H and O–H groups in total. The van der Waals surface area contributed by atoms with E-state index in [4.69, 9.17) is 52.9 Å². The van der Waals surface area contributed by atoms with Crippen molar-refractivity contribution in [3.63, 3.8) is 0 Å². The summed E-state index contributed by atoms with van der Waals surface area (Å²) in [6, 6.07) is 19.1. The predicted octanol–water partition coefficient (Wildman–Crippen LogP) is 4.85. The Balaban J connectivity index is 1.58. The van der Waals surface area contributed by atoms with Crippen molar-refractivity contribution >= 4 is 46.2 Å². The van der Waals surface area contributed by atoms with Crippen molar-refractivity contribution < 1.29 is 28.4 Å². The number of hydrogen-bond acceptors (Lipinski definition) is 8. The van der Waals surface area contributed by atoms with Gasteiger partial charge in [-0.3, -0.25) is 0 Å². The second-order valence-electron chi connectivity index (χ2n) is 9.46. The molecule has 194 valence electrons. The van der Waals surface area contributed by atoms with E-state index in [0.29, 0.717) is 0 Å². The van der Waals surface area contributed by atoms with E-state index in [-0.39, 0.29) is 23.6 Å². The van der Waals surface area contributed by atoms with Gasteiger partial charge in [0.1, 0.15) is 12.2 Å². The molecule has 2 heterocycles. The number of ether oxygens (including phenoxy) is 6. The van der Waals surface area contributed by atoms with Crippen molar-refractivity contribution in [2.45, 2.75) is 63.7 Å². The lowest BCUT2D eigenvalue weighted by Gasteiger charge is -2.34. The number of thiocarbonyl (C=S) groups is 2. The Bertz CT molecular complexity index is 954. The van der Waals surface area contributed by atoms with E-state index >= 15 is 0 Å². The third kappa shape index (κ3) is 7.34. The lowest BCUT2D eigenvalue weighted by Crippen LogP contribution is -2.52. The maximum absolute atomic E-state index is 6.29. The van der Waals surface area contributed by atoms with Gasteiger partial charge in [0.05, 0.1) is 13.2 Å². The zero-order valence-electron chi connectivity index (χ0n) is 20.8. The standard InChI is InChI=1S/C26H32N2O6S2/c1-25(2)29-15-19(33-25)21(31-23(35)27-17-11-7-5-8-12-17)22(20-16-30-26(3,4)34-20)32-24(36)28-18-13-9-6-10-14-18/h5-14,19-22H,15-16H2,1-4H3,(H,27,35)(H,28,36). The summed E-state index contributed by atoms with van der Waals surface area (Å²) in [5.74, 6) is -1.58. The average molecular weight is 533 g/mol. The van der Waals surface area contributed by atoms with Crippen LogP contribution in [-0.4, -0.2) is 59.6 Å². The van der Waals surface area contributed by atoms with Crippen molar-refractivity contribution in [1.29, 1.82) is 0 Å². The topological polar surface area (TPSA) is 79.4 Å². The monoisotopic (exact) mass is 532 g/mol. The molecule has 2 aliphatic heterocycles. The normalized spacial score (nSPS) is 23.9. The van der Waals surface area contributed by atoms with Crippen LogP contribution in [-0.2, 0) is 28.4 Å². The van der Waals surface area contributed by atoms with Crippen molar-refractivity contribution in [3.8, 4) is 0 Å². The molecule has 0 amide bonds. The first-order chi connectivity index (χ1) is 17.1. The summed E-state index contributed by atoms with van der Waals surface area (Å²) >= 11 is 11.1. The molecule has 36 heavy (non-hydrogen) atoms. The van der Waals surface area contributed by atoms with Crippen LogP contribution < -0.4 is 10.6 Å². The highest BCUT2D eigenvalue weighted by Crippen LogP contribution is 2.33. The SMILES string of the molecule is CC1(C)OCC(C(OC(=S)Nc2ccccc2)C(OC(=S)Nc2ccccc2)C2COC(C)(C)O2)O1. The summed E-state index contributed by atoms with van der Waals surface area (Å²) in [5.41, 5.74) is 1.59. The number of para-hydroxylation sites is 2. The lowest BCUT2D eigenvalue weighted by atomic mass is 10.0. The fraction of sp³-hybridized carbons (Fsp3) is 0.462. The van der Waals surface area contributed by atoms with Gasteiger partial charge >= 0.3 is 0 Å². The molecule has 0 saturated carbocycles. The van der Waals surface area contributed by atoms with E-state index in [1.165, 1.54) is 0 Å². The molecule has 8 nitrogen and oxygen atoms in total. The molecule has 4 rings (SSSR count). The van der Waals surface area contributed by atoms with Crippen LogP contribution in [0.15, 0.2) is 60.7 Å². The maximum Gasteiger partial charge on any atom is 0.261 e. The third-order valence-electron chi connectivity index (χ3n) is 5.64. The van der Waals surface area contributed by atoms with Crippen molar-refractivity contribution in [1.82, 2.24) is 0 Å². The zero-order valence-corrected chi connectivity index (χ0v) is 22.4. The molecule has 0 spiro atoms. The Hall–Kier alpha value is -2.34. The van der Waals surface area contributed by atoms with E-state index in [1.54, 1.807) is 0 Å². The molecular formula is C26H32N2O6S2. The number of hydrogen-bond donors (Lipinski definition) is 2. The van der Waals surface area contributed by atoms with Gasteiger partial charge < -0.3 is 39.1 Å². The van der Waals surface area contributed by atoms with Gasteiger partial charge in [-0.15, -0.1) is 0 Å². The Morgan fingerprint density at radius 1 is 0.722 bits per heavy atom. The molecule has 2 aromatic carbocycles. The van der Waals surface area contributed by atoms with Gasteiger partial charge in [-0.1, -0.05) is 36.4 Å². The average Bonchev–Trinajstić information content (AvgIpc) is 3.38. The van der Waals surface area contributed by atoms with E-state index in [1.807, 2.05) is 88.4 Å². The summed E-state index contributed by atoms with van der Waals surface area (Å²) in [7, 11) is 0. The van der Waals surface area contributed by atoms with Gasteiger partial charge in [0.25, 0.3) is 10.3 Å². The molecule has 2 aromatic rings. The Morgan fingerprint density at radius 2 is 1.08 bits per heavy atom. The van der Waals surface area contributed by atoms with Gasteiger partial charge in [0, 0.05) is 11.4 Å². The summed E-state index contributed by atoms with van der Waals surface area (Å²) in [4.78, 5) is 0. The molecule has 4 atom stereocenters. The van der Waals surface area contributed by atoms with E-state index in [2.05, 4.69) is 10.6 Å². The zero-order chi connectivity index (χ0) is 25.8. The first-order valence-corrected chi connectivity index (χ1v) is 12.6. The maximum atomic E-state index is 6.29. The first-order valence-electron chi connectivity index (χ1n) is 11.8. The molecule has 2 aliphatic rings. The smallest absolute Gasteiger partial charge is 0.261 e. The van der Waals surface area contributed by atoms with Crippen LogP contribution in [0.25, 0.3) is 0 Å². The number of anilines is 2. The van der Waals surface area contributed by atoms with Crippen LogP contribution in [0.4, 0.5) is 11.4 Å². The van der Waals surface area contributed by atoms with Crippen LogP contribution >= 0.6 is 24.4 Å². The van der Waals surface area contributed by atoms with E-state index in [0.717, 1.165) is 11.4 Å². The molecule has 2 fully saturated rings. The summed E-state index contributed by atoms with van der Waals surface area (Å²) in [5, 5.41) is 6.54. The molecule has 2 saturated heterocycles. The largest absolute Gasteiger partial charge is 0.461 e. The van der Waals surface area contributed by atoms with Gasteiger partial charge in [0.2, 0.25) is 0 Å². The Morgan fingerprint density at radius 3 is 1.39 bits per heavy atom. The van der Waals surface area contributed by atoms with E-state index < -0.39 is 36.0 Å². The Kier molecular flexibility index (Phi) is 8.44. The number of benzene rings is 2. The second kappa shape index (κ2) is 11.4. The van der Waals surface area contributed by atoms with Gasteiger partial charge in [-0.25, -0.2) is 0 Å². The van der Waals surface area contributed by atoms with Gasteiger partial charge in [0.15, 0.2) is 23.8 Å². The third-order valence-corrected chi connectivity index (χ3v) is 6.04. The number of nitrogens with one attached hydrogen (secondary N) is 2. The fourth-order valence-corrected chi connectivity index (χ4v) is 4.51. The van der Waals surface area contributed by atoms with Crippen molar-refractivity contribution in [2.75, 3.05) is 23.8 Å². The van der Waals surface area contributed by atoms with Crippen LogP contribution in [0.1, 0.15) is 27.7 Å². The molecule has 0 bridgehead atoms. The fourth-order valence-electron chi connectivity index (χ4n) is 4.05. The van der Waals surface area contributed by atoms with Crippen molar-refractivity contribution in [3.05, 3.63) is 60.7 Å². The van der Waals surface area contributed by atoms with Gasteiger partial charge in [-0.05, 0) is 76.4 Å². The van der Waals surface area contributed by atoms with Crippen LogP contribution in [0.5, 0.6) is 0 Å². The van der Waals surface area contributed by atoms with Crippen LogP contribution in [0, 0.1) is 0 Å². The minimum absolute atomic E-state index is 0.160. The van der Waals surface area contributed by atoms with Crippen LogP contribution in [0.3, 0.4) is 0 Å². The quantitative estimate of drug-likeness (QED) is 0.483. The molecule has 10 heteroatoms. The first kappa shape index (κ1) is 26.7. The second-order valence-corrected chi connectivity index (χ2v) is 10.2. The highest BCUT2D eigenvalue weighted by molar-refractivity contribution is 7.80. The minimum Gasteiger partial charge on any atom is -0.461 e. The lowest BCUT2D eigenvalue weighted by molar-refractivity contribution is -0.178. The summed E-state index contributed by atoms with van der Waals surface area (Å²) in [6.45, 7) is 7.95. The van der Waals surface area contributed by atoms with Crippen molar-refractivity contribution in [2.24, 2.45) is 0 Å². The highest BCUT2D eigenvalue weighted by Gasteiger charge is 2.50. The predicted molar refractivity (Wildman–Crippen MR) is 145 cm³/mol. The van der Waals surface area contributed by atoms with E-state index in [9.17, 15) is 0 Å². The summed E-state index contributed by atoms with van der Waals surface area (Å²) < 4.78 is 36.6. The highest BCUT2D eigenvalue weighted by atomic mass is 32.1. The Labute approximate surface area is 222 Å². The number of rotatable bonds is 7. The van der Waals surface area contributed by atoms with Gasteiger partial charge in [-0.2, -0.15) is 0 Å². The molecular weight excluding hydrogens is 500 g/mol. The molecule has 0 aromatic heterocycles. The molecule has 0 aliphatic carbocycles. The minimum atomic E-state index is -0.791. The van der Waals surface area contributed by atoms with Crippen LogP contribution in [0.2, 0.25) is 0 Å². The molecule has 4 unspecified atom stereocenters. The molecule has 0 radical (unpaired) electrons. The summed E-state index contributed by atoms with van der Waals surface area (Å²) in [6.07, 6.45) is -2.47.